The van der Waals surface area contributed by atoms with Gasteiger partial charge in [-0.2, -0.15) is 0 Å². The molecule has 1 aromatic carbocycles. The fourth-order valence-electron chi connectivity index (χ4n) is 2.28. The predicted octanol–water partition coefficient (Wildman–Crippen LogP) is 0.484. The summed E-state index contributed by atoms with van der Waals surface area (Å²) in [5, 5.41) is 0.615. The molecule has 0 bridgehead atoms. The zero-order valence-corrected chi connectivity index (χ0v) is 10.2. The molecule has 2 aromatic heterocycles. The Kier molecular flexibility index (Phi) is 2.22. The Hall–Kier alpha value is -2.63. The first kappa shape index (κ1) is 11.5. The molecule has 0 radical (unpaired) electrons. The van der Waals surface area contributed by atoms with Crippen LogP contribution in [-0.2, 0) is 4.74 Å². The summed E-state index contributed by atoms with van der Waals surface area (Å²) in [5.41, 5.74) is -0.188. The number of hydrogen-bond acceptors (Lipinski definition) is 5. The van der Waals surface area contributed by atoms with Gasteiger partial charge in [0.1, 0.15) is 5.52 Å². The highest BCUT2D eigenvalue weighted by Gasteiger charge is 2.24. The van der Waals surface area contributed by atoms with Crippen LogP contribution in [0.4, 0.5) is 0 Å². The van der Waals surface area contributed by atoms with Crippen molar-refractivity contribution in [2.24, 2.45) is 0 Å². The molecule has 0 saturated carbocycles. The average molecular weight is 259 g/mol. The highest BCUT2D eigenvalue weighted by Crippen LogP contribution is 2.32. The van der Waals surface area contributed by atoms with Gasteiger partial charge in [-0.3, -0.25) is 14.0 Å². The SMILES string of the molecule is COC(=O)c1ccc2c(OC)c3c(=O)c(=O)n3c2c1. The number of esters is 1. The average Bonchev–Trinajstić information content (AvgIpc) is 2.75. The third kappa shape index (κ3) is 1.28. The largest absolute Gasteiger partial charge is 0.494 e. The van der Waals surface area contributed by atoms with E-state index in [4.69, 9.17) is 4.74 Å². The van der Waals surface area contributed by atoms with Crippen LogP contribution in [0.5, 0.6) is 5.75 Å². The lowest BCUT2D eigenvalue weighted by Crippen LogP contribution is -2.38. The molecule has 3 aromatic rings. The Bertz CT molecular complexity index is 895. The third-order valence-electron chi connectivity index (χ3n) is 3.16. The summed E-state index contributed by atoms with van der Waals surface area (Å²) in [6.45, 7) is 0. The van der Waals surface area contributed by atoms with Crippen molar-refractivity contribution in [3.63, 3.8) is 0 Å². The first-order valence-electron chi connectivity index (χ1n) is 5.50. The minimum atomic E-state index is -0.620. The molecule has 3 rings (SSSR count). The van der Waals surface area contributed by atoms with Crippen molar-refractivity contribution in [3.05, 3.63) is 44.3 Å². The Morgan fingerprint density at radius 1 is 1.21 bits per heavy atom. The molecule has 6 nitrogen and oxygen atoms in total. The first-order chi connectivity index (χ1) is 9.10. The summed E-state index contributed by atoms with van der Waals surface area (Å²) in [6, 6.07) is 4.70. The number of carbonyl (C=O) groups is 1. The van der Waals surface area contributed by atoms with Gasteiger partial charge in [-0.15, -0.1) is 0 Å². The molecule has 96 valence electrons. The van der Waals surface area contributed by atoms with Gasteiger partial charge < -0.3 is 9.47 Å². The van der Waals surface area contributed by atoms with Gasteiger partial charge in [0.05, 0.1) is 25.3 Å². The molecule has 6 heteroatoms. The van der Waals surface area contributed by atoms with Gasteiger partial charge in [-0.05, 0) is 18.2 Å². The zero-order valence-electron chi connectivity index (χ0n) is 10.2. The molecule has 2 heterocycles. The number of ether oxygens (including phenoxy) is 2. The summed E-state index contributed by atoms with van der Waals surface area (Å²) in [7, 11) is 2.71. The first-order valence-corrected chi connectivity index (χ1v) is 5.50. The zero-order chi connectivity index (χ0) is 13.7. The van der Waals surface area contributed by atoms with Gasteiger partial charge in [0.2, 0.25) is 0 Å². The molecule has 0 aliphatic rings. The molecule has 0 amide bonds. The minimum absolute atomic E-state index is 0.226. The van der Waals surface area contributed by atoms with Crippen molar-refractivity contribution in [2.75, 3.05) is 14.2 Å². The van der Waals surface area contributed by atoms with Crippen molar-refractivity contribution in [3.8, 4) is 5.75 Å². The summed E-state index contributed by atoms with van der Waals surface area (Å²) in [4.78, 5) is 34.6. The second-order valence-corrected chi connectivity index (χ2v) is 4.08. The monoisotopic (exact) mass is 259 g/mol. The van der Waals surface area contributed by atoms with Crippen molar-refractivity contribution < 1.29 is 14.3 Å². The Morgan fingerprint density at radius 2 is 1.95 bits per heavy atom. The third-order valence-corrected chi connectivity index (χ3v) is 3.16. The van der Waals surface area contributed by atoms with Crippen molar-refractivity contribution in [1.82, 2.24) is 4.40 Å². The quantitative estimate of drug-likeness (QED) is 0.494. The summed E-state index contributed by atoms with van der Waals surface area (Å²) in [5.74, 6) is -0.148. The van der Waals surface area contributed by atoms with Crippen LogP contribution in [0.15, 0.2) is 27.8 Å². The summed E-state index contributed by atoms with van der Waals surface area (Å²) in [6.07, 6.45) is 0. The van der Waals surface area contributed by atoms with Crippen LogP contribution in [-0.4, -0.2) is 24.6 Å². The van der Waals surface area contributed by atoms with Crippen LogP contribution in [0.3, 0.4) is 0 Å². The second-order valence-electron chi connectivity index (χ2n) is 4.08. The second kappa shape index (κ2) is 3.68. The molecule has 0 aliphatic carbocycles. The molecule has 0 N–H and O–H groups in total. The van der Waals surface area contributed by atoms with Gasteiger partial charge in [-0.1, -0.05) is 0 Å². The van der Waals surface area contributed by atoms with Crippen LogP contribution >= 0.6 is 0 Å². The standard InChI is InChI=1S/C13H9NO5/c1-18-11-7-4-3-6(13(17)19-2)5-8(7)14-9(11)10(15)12(14)16/h3-5H,1-2H3. The maximum Gasteiger partial charge on any atom is 0.337 e. The highest BCUT2D eigenvalue weighted by atomic mass is 16.5. The lowest BCUT2D eigenvalue weighted by molar-refractivity contribution is 0.0601. The number of nitrogens with zero attached hydrogens (tertiary/aromatic N) is 1. The van der Waals surface area contributed by atoms with Crippen molar-refractivity contribution in [1.29, 1.82) is 0 Å². The van der Waals surface area contributed by atoms with E-state index >= 15 is 0 Å². The smallest absolute Gasteiger partial charge is 0.337 e. The Morgan fingerprint density at radius 3 is 2.58 bits per heavy atom. The highest BCUT2D eigenvalue weighted by molar-refractivity contribution is 6.01. The summed E-state index contributed by atoms with van der Waals surface area (Å²) < 4.78 is 11.0. The number of hydrogen-bond donors (Lipinski definition) is 0. The van der Waals surface area contributed by atoms with E-state index in [9.17, 15) is 14.4 Å². The number of carbonyl (C=O) groups excluding carboxylic acids is 1. The van der Waals surface area contributed by atoms with Gasteiger partial charge in [-0.25, -0.2) is 4.79 Å². The Labute approximate surface area is 106 Å². The molecular formula is C13H9NO5. The fourth-order valence-corrected chi connectivity index (χ4v) is 2.28. The molecule has 0 atom stereocenters. The van der Waals surface area contributed by atoms with Crippen LogP contribution < -0.4 is 15.7 Å². The van der Waals surface area contributed by atoms with Crippen LogP contribution in [0.1, 0.15) is 10.4 Å². The van der Waals surface area contributed by atoms with Crippen molar-refractivity contribution >= 4 is 22.4 Å². The van der Waals surface area contributed by atoms with Gasteiger partial charge in [0.15, 0.2) is 5.75 Å². The van der Waals surface area contributed by atoms with Crippen LogP contribution in [0.2, 0.25) is 0 Å². The van der Waals surface area contributed by atoms with Gasteiger partial charge in [0, 0.05) is 5.39 Å². The Balaban J connectivity index is 2.44. The summed E-state index contributed by atoms with van der Waals surface area (Å²) >= 11 is 0. The fraction of sp³-hybridized carbons (Fsp3) is 0.154. The van der Waals surface area contributed by atoms with Gasteiger partial charge >= 0.3 is 11.5 Å². The number of rotatable bonds is 2. The number of fused-ring (bicyclic) bond motifs is 3. The number of benzene rings is 1. The van der Waals surface area contributed by atoms with E-state index in [0.29, 0.717) is 22.2 Å². The lowest BCUT2D eigenvalue weighted by atomic mass is 10.1. The van der Waals surface area contributed by atoms with Gasteiger partial charge in [0.25, 0.3) is 5.43 Å². The van der Waals surface area contributed by atoms with E-state index in [1.165, 1.54) is 24.7 Å². The van der Waals surface area contributed by atoms with Crippen molar-refractivity contribution in [2.45, 2.75) is 0 Å². The normalized spacial score (nSPS) is 11.3. The van der Waals surface area contributed by atoms with Crippen LogP contribution in [0, 0.1) is 0 Å². The predicted molar refractivity (Wildman–Crippen MR) is 67.7 cm³/mol. The molecule has 0 unspecified atom stereocenters. The maximum absolute atomic E-state index is 11.6. The van der Waals surface area contributed by atoms with E-state index < -0.39 is 17.0 Å². The molecule has 0 fully saturated rings. The van der Waals surface area contributed by atoms with Crippen LogP contribution in [0.25, 0.3) is 16.4 Å². The topological polar surface area (TPSA) is 74.1 Å². The number of methoxy groups -OCH3 is 2. The van der Waals surface area contributed by atoms with E-state index in [-0.39, 0.29) is 5.52 Å². The van der Waals surface area contributed by atoms with E-state index in [2.05, 4.69) is 4.74 Å². The lowest BCUT2D eigenvalue weighted by Gasteiger charge is -2.00. The molecule has 0 aliphatic heterocycles. The molecule has 19 heavy (non-hydrogen) atoms. The molecule has 0 saturated heterocycles. The minimum Gasteiger partial charge on any atom is -0.494 e. The van der Waals surface area contributed by atoms with E-state index in [1.54, 1.807) is 12.1 Å². The van der Waals surface area contributed by atoms with E-state index in [0.717, 1.165) is 0 Å². The molecule has 0 spiro atoms. The number of aromatic nitrogens is 1. The molecular weight excluding hydrogens is 250 g/mol. The maximum atomic E-state index is 11.6. The van der Waals surface area contributed by atoms with E-state index in [1.807, 2.05) is 0 Å².